The summed E-state index contributed by atoms with van der Waals surface area (Å²) >= 11 is 18.4. The molecule has 134 heavy (non-hydrogen) atoms. The van der Waals surface area contributed by atoms with Gasteiger partial charge in [0.15, 0.2) is 67.9 Å². The molecular formula is C87H90Cl3F3N18O21S2. The first kappa shape index (κ1) is 99.9. The third kappa shape index (κ3) is 22.7. The number of hydrogen-bond acceptors (Lipinski definition) is 30. The van der Waals surface area contributed by atoms with Gasteiger partial charge in [0.1, 0.15) is 22.6 Å². The van der Waals surface area contributed by atoms with Crippen LogP contribution in [-0.4, -0.2) is 213 Å². The van der Waals surface area contributed by atoms with Gasteiger partial charge in [0, 0.05) is 94.5 Å². The van der Waals surface area contributed by atoms with E-state index in [0.717, 1.165) is 52.2 Å². The van der Waals surface area contributed by atoms with Crippen molar-refractivity contribution in [3.63, 3.8) is 0 Å². The van der Waals surface area contributed by atoms with E-state index in [9.17, 15) is 99.7 Å². The number of carboxylic acid groups (broad SMARTS) is 3. The van der Waals surface area contributed by atoms with Crippen LogP contribution in [0.1, 0.15) is 135 Å². The third-order valence-corrected chi connectivity index (χ3v) is 27.4. The number of rotatable bonds is 22. The van der Waals surface area contributed by atoms with Gasteiger partial charge in [0.25, 0.3) is 10.0 Å². The number of fused-ring (bicyclic) bond motifs is 3. The second-order valence-electron chi connectivity index (χ2n) is 32.0. The van der Waals surface area contributed by atoms with E-state index in [-0.39, 0.29) is 79.1 Å². The minimum Gasteiger partial charge on any atom is -0.501 e. The van der Waals surface area contributed by atoms with Crippen molar-refractivity contribution in [2.45, 2.75) is 168 Å². The Labute approximate surface area is 776 Å². The number of benzene rings is 3. The summed E-state index contributed by atoms with van der Waals surface area (Å²) in [6.45, 7) is 8.28. The van der Waals surface area contributed by atoms with Crippen molar-refractivity contribution in [1.29, 1.82) is 0 Å². The Bertz CT molecular complexity index is 6480. The molecule has 0 aliphatic heterocycles. The molecule has 5 aliphatic rings. The van der Waals surface area contributed by atoms with E-state index >= 15 is 0 Å². The number of pyridine rings is 3. The number of anilines is 3. The maximum atomic E-state index is 14.9. The number of aryl methyl sites for hydroxylation is 2. The highest BCUT2D eigenvalue weighted by molar-refractivity contribution is 7.92. The molecule has 8 aromatic heterocycles. The van der Waals surface area contributed by atoms with Gasteiger partial charge in [-0.25, -0.2) is 78.6 Å². The summed E-state index contributed by atoms with van der Waals surface area (Å²) in [5.74, 6) is -10.3. The molecule has 13 atom stereocenters. The summed E-state index contributed by atoms with van der Waals surface area (Å²) < 4.78 is 99.3. The predicted molar refractivity (Wildman–Crippen MR) is 482 cm³/mol. The van der Waals surface area contributed by atoms with Crippen LogP contribution in [0.2, 0.25) is 15.1 Å². The van der Waals surface area contributed by atoms with Crippen LogP contribution in [0.15, 0.2) is 150 Å². The van der Waals surface area contributed by atoms with Crippen molar-refractivity contribution in [1.82, 2.24) is 64.4 Å². The van der Waals surface area contributed by atoms with E-state index in [1.807, 2.05) is 20.8 Å². The highest BCUT2D eigenvalue weighted by Crippen LogP contribution is 2.45. The van der Waals surface area contributed by atoms with Gasteiger partial charge in [0.2, 0.25) is 23.6 Å². The lowest BCUT2D eigenvalue weighted by Crippen LogP contribution is -2.48. The maximum Gasteiger partial charge on any atom is 0.339 e. The number of aliphatic hydroxyl groups excluding tert-OH is 4. The van der Waals surface area contributed by atoms with Crippen molar-refractivity contribution < 1.29 is 105 Å². The van der Waals surface area contributed by atoms with Gasteiger partial charge in [-0.05, 0) is 134 Å². The number of nitrogens with one attached hydrogen (secondary N) is 6. The Hall–Kier alpha value is -13.1. The Morgan fingerprint density at radius 1 is 0.537 bits per heavy atom. The number of amides is 2. The van der Waals surface area contributed by atoms with Crippen LogP contribution in [-0.2, 0) is 39.0 Å². The number of carbonyl (C=O) groups excluding carboxylic acids is 2. The maximum absolute atomic E-state index is 14.9. The van der Waals surface area contributed by atoms with E-state index in [2.05, 4.69) is 76.4 Å². The number of aliphatic carboxylic acids is 2. The van der Waals surface area contributed by atoms with Crippen LogP contribution in [0.3, 0.4) is 0 Å². The highest BCUT2D eigenvalue weighted by Gasteiger charge is 2.45. The van der Waals surface area contributed by atoms with Crippen molar-refractivity contribution in [3.05, 3.63) is 227 Å². The summed E-state index contributed by atoms with van der Waals surface area (Å²) in [5, 5.41) is 113. The molecular weight excluding hydrogens is 1860 g/mol. The van der Waals surface area contributed by atoms with E-state index in [1.54, 1.807) is 61.7 Å². The monoisotopic (exact) mass is 1950 g/mol. The summed E-state index contributed by atoms with van der Waals surface area (Å²) in [6.07, 6.45) is 13.1. The summed E-state index contributed by atoms with van der Waals surface area (Å²) in [5.41, 5.74) is 3.34. The number of nitrogens with zero attached hydrogens (tertiary/aromatic N) is 12. The molecule has 13 unspecified atom stereocenters. The number of carbonyl (C=O) groups is 5. The molecule has 16 rings (SSSR count). The Morgan fingerprint density at radius 3 is 1.49 bits per heavy atom. The quantitative estimate of drug-likeness (QED) is 0.0221. The summed E-state index contributed by atoms with van der Waals surface area (Å²) in [4.78, 5) is 117. The molecule has 0 spiro atoms. The number of phenols is 1. The van der Waals surface area contributed by atoms with Crippen LogP contribution in [0, 0.1) is 75.2 Å². The van der Waals surface area contributed by atoms with Crippen LogP contribution >= 0.6 is 34.8 Å². The van der Waals surface area contributed by atoms with Crippen molar-refractivity contribution >= 4 is 135 Å². The zero-order valence-electron chi connectivity index (χ0n) is 71.5. The standard InChI is InChI=1S/C28H29ClFN5O4S.C25H23ClFN5O5S.C20H22ClFN6O2.C7H11NO5.C7H5NO5/c1-3-31-28(37)18-5-4-6-22(25(18)36)34-27-21(30)14-33-26(35-27)20-12-23(24-19(20)11-16(29)13-32-24)40(38,39)17-9-7-15(2)8-10-17;1-13-5-7-15(8-6-13)38(36,37)32-12-18(17-9-14(26)10-29-24(17)32)22-28-11-19(27)23(31-22)30-20-4-2-3-16(21(20)33)25(34)35;1-2-23-20(30)11-4-3-5-15(16(11)29)27-19-14(22)9-26-18(28-19)13-8-25-17-12(13)6-10(21)7-24-17;2*9-6-4(7(10)11)2-1-3-5(6)8(12)13/h7-14,18,22-23,25,36H,3-6H2,1-2H3,(H,31,37)(H,33,34,35);5-12,16,20-21,33H,2-4H2,1H3,(H,34,35)(H,28,30,31);6-9,11,15-16,29H,2-5H2,1H3,(H,23,30)(H,24,25)(H,26,27,28);4-6,9H,1-3H2,(H,10,11);1-3,9H,(H,10,11). The second-order valence-corrected chi connectivity index (χ2v) is 37.2. The average molecular weight is 1950 g/mol. The minimum atomic E-state index is -4.07. The molecule has 5 aliphatic carbocycles. The number of hydrogen-bond donors (Lipinski definition) is 14. The molecule has 3 aromatic carbocycles. The smallest absolute Gasteiger partial charge is 0.339 e. The largest absolute Gasteiger partial charge is 0.501 e. The van der Waals surface area contributed by atoms with Crippen molar-refractivity contribution in [3.8, 4) is 28.5 Å². The van der Waals surface area contributed by atoms with Gasteiger partial charge in [-0.3, -0.25) is 44.4 Å². The number of sulfone groups is 1. The number of nitro benzene ring substituents is 1. The van der Waals surface area contributed by atoms with Gasteiger partial charge in [-0.15, -0.1) is 0 Å². The molecule has 4 saturated carbocycles. The lowest BCUT2D eigenvalue weighted by molar-refractivity contribution is -0.539. The SMILES string of the molecule is CCNC(=O)C1CCCC(Nc2nc(-c3c[nH]c4ncc(Cl)cc34)ncc2F)C1O.CCNC(=O)C1CCCC(Nc2nc(C3=CC(S(=O)(=O)c4ccc(C)cc4)c4ncc(Cl)cc43)ncc2F)C1O.Cc1ccc(S(=O)(=O)n2cc(-c3ncc(F)c(NC4CCCC(C(=O)O)C4O)n3)c3cc(Cl)cnc32)cc1.O=C(O)C1CCCC([N+](=O)[O-])C1O.O=C(O)c1cccc([N+](=O)[O-])c1O. The number of aromatic nitrogens is 11. The second kappa shape index (κ2) is 43.3. The topological polar surface area (TPSA) is 599 Å². The normalized spacial score (nSPS) is 21.4. The summed E-state index contributed by atoms with van der Waals surface area (Å²) in [7, 11) is -7.96. The fourth-order valence-corrected chi connectivity index (χ4v) is 19.6. The van der Waals surface area contributed by atoms with Crippen LogP contribution in [0.25, 0.3) is 50.4 Å². The van der Waals surface area contributed by atoms with Crippen molar-refractivity contribution in [2.24, 2.45) is 23.7 Å². The molecule has 11 aromatic rings. The van der Waals surface area contributed by atoms with E-state index in [1.165, 1.54) is 55.1 Å². The number of aromatic amines is 1. The van der Waals surface area contributed by atoms with Crippen molar-refractivity contribution in [2.75, 3.05) is 29.0 Å². The van der Waals surface area contributed by atoms with Gasteiger partial charge in [-0.1, -0.05) is 95.5 Å². The Balaban J connectivity index is 0.000000160. The molecule has 708 valence electrons. The van der Waals surface area contributed by atoms with Gasteiger partial charge < -0.3 is 72.4 Å². The number of para-hydroxylation sites is 1. The van der Waals surface area contributed by atoms with Crippen LogP contribution < -0.4 is 26.6 Å². The van der Waals surface area contributed by atoms with E-state index in [0.29, 0.717) is 126 Å². The van der Waals surface area contributed by atoms with Gasteiger partial charge in [0.05, 0.1) is 114 Å². The predicted octanol–water partition coefficient (Wildman–Crippen LogP) is 11.6. The zero-order valence-corrected chi connectivity index (χ0v) is 75.4. The number of aromatic hydroxyl groups is 1. The lowest BCUT2D eigenvalue weighted by Gasteiger charge is -2.34. The number of aliphatic hydroxyl groups is 4. The third-order valence-electron chi connectivity index (χ3n) is 23.1. The number of H-pyrrole nitrogens is 1. The molecule has 2 amide bonds. The average Bonchev–Trinajstić information content (AvgIpc) is 1.60. The molecule has 4 fully saturated rings. The number of carboxylic acids is 3. The Morgan fingerprint density at radius 2 is 0.985 bits per heavy atom. The van der Waals surface area contributed by atoms with E-state index < -0.39 is 160 Å². The number of aromatic carboxylic acids is 1. The molecule has 8 heterocycles. The van der Waals surface area contributed by atoms with Gasteiger partial charge in [-0.2, -0.15) is 0 Å². The molecule has 0 radical (unpaired) electrons. The Kier molecular flexibility index (Phi) is 32.3. The fraction of sp³-hybridized carbons (Fsp3) is 0.356. The first-order chi connectivity index (χ1) is 63.7. The molecule has 0 saturated heterocycles. The molecule has 0 bridgehead atoms. The fourth-order valence-electron chi connectivity index (χ4n) is 16.2. The van der Waals surface area contributed by atoms with Crippen LogP contribution in [0.5, 0.6) is 5.75 Å². The highest BCUT2D eigenvalue weighted by atomic mass is 35.5. The van der Waals surface area contributed by atoms with Gasteiger partial charge >= 0.3 is 23.6 Å². The summed E-state index contributed by atoms with van der Waals surface area (Å²) in [6, 6.07) is 18.0. The number of nitro groups is 2. The molecule has 39 nitrogen and oxygen atoms in total. The zero-order chi connectivity index (χ0) is 97.1. The minimum absolute atomic E-state index is 0.0130. The van der Waals surface area contributed by atoms with Crippen LogP contribution in [0.4, 0.5) is 36.3 Å². The first-order valence-corrected chi connectivity index (χ1v) is 46.1. The first-order valence-electron chi connectivity index (χ1n) is 42.0. The molecule has 47 heteroatoms. The molecule has 14 N–H and O–H groups in total. The number of halogens is 6. The van der Waals surface area contributed by atoms with E-state index in [4.69, 9.17) is 50.1 Å². The lowest BCUT2D eigenvalue weighted by atomic mass is 9.82.